The highest BCUT2D eigenvalue weighted by Crippen LogP contribution is 2.30. The van der Waals surface area contributed by atoms with Gasteiger partial charge in [0.15, 0.2) is 0 Å². The van der Waals surface area contributed by atoms with E-state index in [0.29, 0.717) is 36.7 Å². The molecule has 0 radical (unpaired) electrons. The predicted molar refractivity (Wildman–Crippen MR) is 92.3 cm³/mol. The molecule has 1 heterocycles. The first-order valence-electron chi connectivity index (χ1n) is 7.82. The number of para-hydroxylation sites is 1. The van der Waals surface area contributed by atoms with Crippen LogP contribution in [-0.2, 0) is 11.8 Å². The number of methoxy groups -OCH3 is 2. The smallest absolute Gasteiger partial charge is 0.255 e. The zero-order chi connectivity index (χ0) is 17.4. The fourth-order valence-corrected chi connectivity index (χ4v) is 2.35. The standard InChI is InChI=1S/C17H24N4O3/c1-21-12-14(17(22)19-9-8-18-10-11-23-2)16(20-21)13-6-4-5-7-15(13)24-3/h4-7,12,18H,8-11H2,1-3H3,(H,19,22). The Morgan fingerprint density at radius 2 is 2.00 bits per heavy atom. The second-order valence-electron chi connectivity index (χ2n) is 5.26. The lowest BCUT2D eigenvalue weighted by Gasteiger charge is -2.09. The lowest BCUT2D eigenvalue weighted by molar-refractivity contribution is 0.0954. The van der Waals surface area contributed by atoms with Crippen molar-refractivity contribution in [2.45, 2.75) is 0 Å². The number of nitrogens with zero attached hydrogens (tertiary/aromatic N) is 2. The van der Waals surface area contributed by atoms with Gasteiger partial charge in [0.1, 0.15) is 11.4 Å². The van der Waals surface area contributed by atoms with Crippen LogP contribution >= 0.6 is 0 Å². The number of carbonyl (C=O) groups excluding carboxylic acids is 1. The molecule has 0 aliphatic carbocycles. The first kappa shape index (κ1) is 18.0. The molecule has 0 saturated heterocycles. The summed E-state index contributed by atoms with van der Waals surface area (Å²) in [5, 5.41) is 10.5. The van der Waals surface area contributed by atoms with Crippen LogP contribution in [0.2, 0.25) is 0 Å². The van der Waals surface area contributed by atoms with E-state index in [1.54, 1.807) is 32.1 Å². The number of hydrogen-bond acceptors (Lipinski definition) is 5. The number of benzene rings is 1. The van der Waals surface area contributed by atoms with Gasteiger partial charge in [0.05, 0.1) is 19.3 Å². The minimum atomic E-state index is -0.155. The van der Waals surface area contributed by atoms with Gasteiger partial charge in [-0.15, -0.1) is 0 Å². The molecule has 0 aliphatic heterocycles. The normalized spacial score (nSPS) is 10.6. The second-order valence-corrected chi connectivity index (χ2v) is 5.26. The van der Waals surface area contributed by atoms with Gasteiger partial charge in [-0.2, -0.15) is 5.10 Å². The molecule has 1 amide bonds. The van der Waals surface area contributed by atoms with E-state index in [2.05, 4.69) is 15.7 Å². The van der Waals surface area contributed by atoms with Crippen molar-refractivity contribution in [1.29, 1.82) is 0 Å². The highest BCUT2D eigenvalue weighted by molar-refractivity contribution is 6.00. The van der Waals surface area contributed by atoms with Crippen molar-refractivity contribution in [2.24, 2.45) is 7.05 Å². The van der Waals surface area contributed by atoms with Crippen molar-refractivity contribution in [2.75, 3.05) is 40.5 Å². The molecule has 7 nitrogen and oxygen atoms in total. The number of aromatic nitrogens is 2. The summed E-state index contributed by atoms with van der Waals surface area (Å²) < 4.78 is 12.0. The van der Waals surface area contributed by atoms with Crippen molar-refractivity contribution in [3.63, 3.8) is 0 Å². The number of amides is 1. The zero-order valence-corrected chi connectivity index (χ0v) is 14.3. The maximum absolute atomic E-state index is 12.5. The molecule has 0 fully saturated rings. The summed E-state index contributed by atoms with van der Waals surface area (Å²) in [5.74, 6) is 0.532. The largest absolute Gasteiger partial charge is 0.496 e. The number of nitrogens with one attached hydrogen (secondary N) is 2. The lowest BCUT2D eigenvalue weighted by atomic mass is 10.1. The minimum absolute atomic E-state index is 0.155. The first-order valence-corrected chi connectivity index (χ1v) is 7.82. The molecule has 1 aromatic carbocycles. The van der Waals surface area contributed by atoms with Crippen molar-refractivity contribution >= 4 is 5.91 Å². The van der Waals surface area contributed by atoms with Gasteiger partial charge < -0.3 is 20.1 Å². The van der Waals surface area contributed by atoms with Crippen molar-refractivity contribution in [1.82, 2.24) is 20.4 Å². The summed E-state index contributed by atoms with van der Waals surface area (Å²) in [6, 6.07) is 7.53. The molecular formula is C17H24N4O3. The monoisotopic (exact) mass is 332 g/mol. The van der Waals surface area contributed by atoms with Gasteiger partial charge in [-0.1, -0.05) is 12.1 Å². The van der Waals surface area contributed by atoms with Crippen LogP contribution < -0.4 is 15.4 Å². The topological polar surface area (TPSA) is 77.4 Å². The van der Waals surface area contributed by atoms with Crippen LogP contribution in [0.5, 0.6) is 5.75 Å². The molecule has 0 spiro atoms. The molecule has 2 N–H and O–H groups in total. The summed E-state index contributed by atoms with van der Waals surface area (Å²) in [5.41, 5.74) is 1.93. The molecule has 7 heteroatoms. The van der Waals surface area contributed by atoms with Crippen molar-refractivity contribution in [3.8, 4) is 17.0 Å². The highest BCUT2D eigenvalue weighted by atomic mass is 16.5. The van der Waals surface area contributed by atoms with Gasteiger partial charge in [0.25, 0.3) is 5.91 Å². The Morgan fingerprint density at radius 1 is 1.21 bits per heavy atom. The number of hydrogen-bond donors (Lipinski definition) is 2. The van der Waals surface area contributed by atoms with Gasteiger partial charge in [-0.25, -0.2) is 0 Å². The van der Waals surface area contributed by atoms with Crippen LogP contribution in [0, 0.1) is 0 Å². The van der Waals surface area contributed by atoms with E-state index in [1.807, 2.05) is 24.3 Å². The molecule has 24 heavy (non-hydrogen) atoms. The van der Waals surface area contributed by atoms with Crippen molar-refractivity contribution in [3.05, 3.63) is 36.0 Å². The summed E-state index contributed by atoms with van der Waals surface area (Å²) in [4.78, 5) is 12.5. The van der Waals surface area contributed by atoms with Crippen molar-refractivity contribution < 1.29 is 14.3 Å². The van der Waals surface area contributed by atoms with Crippen LogP contribution in [0.1, 0.15) is 10.4 Å². The minimum Gasteiger partial charge on any atom is -0.496 e. The Kier molecular flexibility index (Phi) is 6.77. The number of rotatable bonds is 9. The SMILES string of the molecule is COCCNCCNC(=O)c1cn(C)nc1-c1ccccc1OC. The maximum Gasteiger partial charge on any atom is 0.255 e. The Morgan fingerprint density at radius 3 is 2.75 bits per heavy atom. The second kappa shape index (κ2) is 9.05. The third-order valence-corrected chi connectivity index (χ3v) is 3.51. The lowest BCUT2D eigenvalue weighted by Crippen LogP contribution is -2.33. The number of ether oxygens (including phenoxy) is 2. The first-order chi connectivity index (χ1) is 11.7. The summed E-state index contributed by atoms with van der Waals surface area (Å²) in [6.45, 7) is 2.61. The number of aryl methyl sites for hydroxylation is 1. The van der Waals surface area contributed by atoms with Crippen LogP contribution in [-0.4, -0.2) is 56.1 Å². The fraction of sp³-hybridized carbons (Fsp3) is 0.412. The van der Waals surface area contributed by atoms with Gasteiger partial charge in [-0.05, 0) is 12.1 Å². The summed E-state index contributed by atoms with van der Waals surface area (Å²) in [7, 11) is 5.06. The molecule has 0 atom stereocenters. The molecule has 130 valence electrons. The van der Waals surface area contributed by atoms with E-state index in [9.17, 15) is 4.79 Å². The highest BCUT2D eigenvalue weighted by Gasteiger charge is 2.19. The summed E-state index contributed by atoms with van der Waals surface area (Å²) in [6.07, 6.45) is 1.72. The molecule has 2 aromatic rings. The Labute approximate surface area is 142 Å². The average Bonchev–Trinajstić information content (AvgIpc) is 2.99. The van der Waals surface area contributed by atoms with E-state index in [-0.39, 0.29) is 5.91 Å². The van der Waals surface area contributed by atoms with E-state index in [1.165, 1.54) is 0 Å². The molecule has 0 saturated carbocycles. The molecular weight excluding hydrogens is 308 g/mol. The molecule has 0 aliphatic rings. The predicted octanol–water partition coefficient (Wildman–Crippen LogP) is 1.06. The van der Waals surface area contributed by atoms with Crippen LogP contribution in [0.3, 0.4) is 0 Å². The van der Waals surface area contributed by atoms with Crippen LogP contribution in [0.15, 0.2) is 30.5 Å². The van der Waals surface area contributed by atoms with E-state index in [0.717, 1.165) is 12.1 Å². The Balaban J connectivity index is 2.07. The zero-order valence-electron chi connectivity index (χ0n) is 14.3. The third kappa shape index (κ3) is 4.56. The molecule has 0 unspecified atom stereocenters. The maximum atomic E-state index is 12.5. The van der Waals surface area contributed by atoms with Crippen LogP contribution in [0.4, 0.5) is 0 Å². The Hall–Kier alpha value is -2.38. The molecule has 1 aromatic heterocycles. The van der Waals surface area contributed by atoms with E-state index >= 15 is 0 Å². The summed E-state index contributed by atoms with van der Waals surface area (Å²) >= 11 is 0. The molecule has 2 rings (SSSR count). The van der Waals surface area contributed by atoms with Gasteiger partial charge in [-0.3, -0.25) is 9.48 Å². The van der Waals surface area contributed by atoms with Gasteiger partial charge in [0, 0.05) is 45.6 Å². The number of carbonyl (C=O) groups is 1. The van der Waals surface area contributed by atoms with Gasteiger partial charge >= 0.3 is 0 Å². The van der Waals surface area contributed by atoms with E-state index in [4.69, 9.17) is 9.47 Å². The third-order valence-electron chi connectivity index (χ3n) is 3.51. The van der Waals surface area contributed by atoms with Gasteiger partial charge in [0.2, 0.25) is 0 Å². The quantitative estimate of drug-likeness (QED) is 0.672. The van der Waals surface area contributed by atoms with E-state index < -0.39 is 0 Å². The fourth-order valence-electron chi connectivity index (χ4n) is 2.35. The average molecular weight is 332 g/mol. The van der Waals surface area contributed by atoms with Crippen LogP contribution in [0.25, 0.3) is 11.3 Å². The Bertz CT molecular complexity index is 670. The molecule has 0 bridgehead atoms.